The fourth-order valence-corrected chi connectivity index (χ4v) is 3.70. The van der Waals surface area contributed by atoms with Gasteiger partial charge in [-0.25, -0.2) is 0 Å². The van der Waals surface area contributed by atoms with Crippen molar-refractivity contribution in [3.8, 4) is 0 Å². The van der Waals surface area contributed by atoms with Crippen LogP contribution in [0.5, 0.6) is 0 Å². The number of benzene rings is 1. The number of amides is 2. The monoisotopic (exact) mass is 339 g/mol. The fraction of sp³-hybridized carbons (Fsp3) is 0.400. The zero-order chi connectivity index (χ0) is 18.0. The summed E-state index contributed by atoms with van der Waals surface area (Å²) in [7, 11) is 0. The Hall–Kier alpha value is -2.56. The van der Waals surface area contributed by atoms with Crippen molar-refractivity contribution in [1.29, 1.82) is 0 Å². The number of carbonyl (C=O) groups is 2. The predicted molar refractivity (Wildman–Crippen MR) is 98.8 cm³/mol. The molecule has 132 valence electrons. The smallest absolute Gasteiger partial charge is 0.253 e. The van der Waals surface area contributed by atoms with Gasteiger partial charge in [0.05, 0.1) is 0 Å². The van der Waals surface area contributed by atoms with Crippen molar-refractivity contribution < 1.29 is 9.59 Å². The molecule has 1 N–H and O–H groups in total. The summed E-state index contributed by atoms with van der Waals surface area (Å²) < 4.78 is 2.39. The summed E-state index contributed by atoms with van der Waals surface area (Å²) in [5, 5.41) is 2.73. The van der Waals surface area contributed by atoms with Gasteiger partial charge in [-0.05, 0) is 57.0 Å². The molecule has 0 saturated carbocycles. The Kier molecular flexibility index (Phi) is 4.93. The first kappa shape index (κ1) is 17.3. The molecule has 2 amide bonds. The summed E-state index contributed by atoms with van der Waals surface area (Å²) in [4.78, 5) is 25.9. The third-order valence-electron chi connectivity index (χ3n) is 4.87. The highest BCUT2D eigenvalue weighted by atomic mass is 16.2. The summed E-state index contributed by atoms with van der Waals surface area (Å²) in [5.41, 5.74) is 3.85. The van der Waals surface area contributed by atoms with E-state index in [9.17, 15) is 9.59 Å². The van der Waals surface area contributed by atoms with Crippen molar-refractivity contribution in [1.82, 2.24) is 9.47 Å². The second-order valence-corrected chi connectivity index (χ2v) is 6.77. The lowest BCUT2D eigenvalue weighted by molar-refractivity contribution is -0.114. The molecule has 0 spiro atoms. The first-order valence-electron chi connectivity index (χ1n) is 8.77. The normalized spacial score (nSPS) is 15.2. The van der Waals surface area contributed by atoms with Crippen LogP contribution >= 0.6 is 0 Å². The molecule has 1 aromatic heterocycles. The molecule has 0 unspecified atom stereocenters. The van der Waals surface area contributed by atoms with Crippen LogP contribution in [-0.4, -0.2) is 34.4 Å². The molecular formula is C20H25N3O2. The van der Waals surface area contributed by atoms with Gasteiger partial charge in [0.15, 0.2) is 0 Å². The third kappa shape index (κ3) is 3.76. The number of anilines is 1. The van der Waals surface area contributed by atoms with Crippen molar-refractivity contribution in [2.75, 3.05) is 18.4 Å². The van der Waals surface area contributed by atoms with Gasteiger partial charge in [0.2, 0.25) is 5.91 Å². The van der Waals surface area contributed by atoms with E-state index in [-0.39, 0.29) is 11.8 Å². The molecule has 5 heteroatoms. The summed E-state index contributed by atoms with van der Waals surface area (Å²) in [6.07, 6.45) is 1.93. The van der Waals surface area contributed by atoms with Crippen molar-refractivity contribution in [3.05, 3.63) is 53.3 Å². The molecule has 3 rings (SSSR count). The van der Waals surface area contributed by atoms with Gasteiger partial charge in [-0.2, -0.15) is 0 Å². The zero-order valence-corrected chi connectivity index (χ0v) is 15.1. The van der Waals surface area contributed by atoms with E-state index in [1.807, 2.05) is 4.90 Å². The van der Waals surface area contributed by atoms with E-state index in [0.717, 1.165) is 25.9 Å². The van der Waals surface area contributed by atoms with Crippen LogP contribution in [0.2, 0.25) is 0 Å². The van der Waals surface area contributed by atoms with Gasteiger partial charge in [0.1, 0.15) is 0 Å². The molecule has 5 nitrogen and oxygen atoms in total. The SMILES string of the molecule is CC(=O)Nc1cccc(C(=O)N2CCC(n3c(C)ccc3C)CC2)c1. The van der Waals surface area contributed by atoms with E-state index in [0.29, 0.717) is 17.3 Å². The maximum absolute atomic E-state index is 12.8. The predicted octanol–water partition coefficient (Wildman–Crippen LogP) is 3.54. The van der Waals surface area contributed by atoms with Gasteiger partial charge in [-0.1, -0.05) is 6.07 Å². The number of nitrogens with one attached hydrogen (secondary N) is 1. The average Bonchev–Trinajstić information content (AvgIpc) is 2.93. The number of hydrogen-bond acceptors (Lipinski definition) is 2. The Morgan fingerprint density at radius 2 is 1.68 bits per heavy atom. The lowest BCUT2D eigenvalue weighted by atomic mass is 10.0. The van der Waals surface area contributed by atoms with Crippen molar-refractivity contribution >= 4 is 17.5 Å². The average molecular weight is 339 g/mol. The fourth-order valence-electron chi connectivity index (χ4n) is 3.70. The molecule has 1 aliphatic rings. The number of aromatic nitrogens is 1. The number of rotatable bonds is 3. The first-order valence-corrected chi connectivity index (χ1v) is 8.77. The minimum absolute atomic E-state index is 0.0339. The van der Waals surface area contributed by atoms with Gasteiger partial charge in [-0.15, -0.1) is 0 Å². The van der Waals surface area contributed by atoms with Crippen molar-refractivity contribution in [3.63, 3.8) is 0 Å². The topological polar surface area (TPSA) is 54.3 Å². The van der Waals surface area contributed by atoms with Crippen LogP contribution in [0.15, 0.2) is 36.4 Å². The van der Waals surface area contributed by atoms with Gasteiger partial charge < -0.3 is 14.8 Å². The van der Waals surface area contributed by atoms with Gasteiger partial charge in [0, 0.05) is 48.7 Å². The highest BCUT2D eigenvalue weighted by molar-refractivity contribution is 5.96. The molecule has 2 heterocycles. The van der Waals surface area contributed by atoms with Crippen LogP contribution in [0.1, 0.15) is 47.6 Å². The highest BCUT2D eigenvalue weighted by Crippen LogP contribution is 2.27. The second-order valence-electron chi connectivity index (χ2n) is 6.77. The van der Waals surface area contributed by atoms with Crippen molar-refractivity contribution in [2.24, 2.45) is 0 Å². The number of nitrogens with zero attached hydrogens (tertiary/aromatic N) is 2. The first-order chi connectivity index (χ1) is 12.0. The van der Waals surface area contributed by atoms with Crippen LogP contribution < -0.4 is 5.32 Å². The maximum atomic E-state index is 12.8. The molecule has 0 bridgehead atoms. The van der Waals surface area contributed by atoms with E-state index in [1.165, 1.54) is 18.3 Å². The Bertz CT molecular complexity index is 766. The van der Waals surface area contributed by atoms with Gasteiger partial charge in [-0.3, -0.25) is 9.59 Å². The molecule has 1 aliphatic heterocycles. The second kappa shape index (κ2) is 7.13. The standard InChI is InChI=1S/C20H25N3O2/c1-14-7-8-15(2)23(14)19-9-11-22(12-10-19)20(25)17-5-4-6-18(13-17)21-16(3)24/h4-8,13,19H,9-12H2,1-3H3,(H,21,24). The molecule has 25 heavy (non-hydrogen) atoms. The molecular weight excluding hydrogens is 314 g/mol. The third-order valence-corrected chi connectivity index (χ3v) is 4.87. The molecule has 1 fully saturated rings. The summed E-state index contributed by atoms with van der Waals surface area (Å²) in [6, 6.07) is 11.9. The van der Waals surface area contributed by atoms with Crippen LogP contribution in [0.25, 0.3) is 0 Å². The van der Waals surface area contributed by atoms with Crippen LogP contribution in [-0.2, 0) is 4.79 Å². The van der Waals surface area contributed by atoms with Crippen LogP contribution in [0.3, 0.4) is 0 Å². The number of hydrogen-bond donors (Lipinski definition) is 1. The van der Waals surface area contributed by atoms with Crippen molar-refractivity contribution in [2.45, 2.75) is 39.7 Å². The number of piperidine rings is 1. The Labute approximate surface area is 148 Å². The minimum Gasteiger partial charge on any atom is -0.346 e. The number of carbonyl (C=O) groups excluding carboxylic acids is 2. The van der Waals surface area contributed by atoms with E-state index in [2.05, 4.69) is 35.9 Å². The number of aryl methyl sites for hydroxylation is 2. The molecule has 2 aromatic rings. The Morgan fingerprint density at radius 1 is 1.04 bits per heavy atom. The molecule has 0 atom stereocenters. The van der Waals surface area contributed by atoms with E-state index >= 15 is 0 Å². The lowest BCUT2D eigenvalue weighted by Crippen LogP contribution is -2.39. The minimum atomic E-state index is -0.136. The lowest BCUT2D eigenvalue weighted by Gasteiger charge is -2.34. The number of likely N-dealkylation sites (tertiary alicyclic amines) is 1. The molecule has 0 radical (unpaired) electrons. The maximum Gasteiger partial charge on any atom is 0.253 e. The van der Waals surface area contributed by atoms with Crippen LogP contribution in [0.4, 0.5) is 5.69 Å². The van der Waals surface area contributed by atoms with Gasteiger partial charge >= 0.3 is 0 Å². The highest BCUT2D eigenvalue weighted by Gasteiger charge is 2.25. The summed E-state index contributed by atoms with van der Waals surface area (Å²) in [5.74, 6) is -0.102. The summed E-state index contributed by atoms with van der Waals surface area (Å²) in [6.45, 7) is 7.25. The zero-order valence-electron chi connectivity index (χ0n) is 15.1. The largest absolute Gasteiger partial charge is 0.346 e. The Morgan fingerprint density at radius 3 is 2.28 bits per heavy atom. The van der Waals surface area contributed by atoms with E-state index < -0.39 is 0 Å². The Balaban J connectivity index is 1.67. The summed E-state index contributed by atoms with van der Waals surface area (Å²) >= 11 is 0. The molecule has 1 saturated heterocycles. The van der Waals surface area contributed by atoms with Crippen LogP contribution in [0, 0.1) is 13.8 Å². The molecule has 0 aliphatic carbocycles. The quantitative estimate of drug-likeness (QED) is 0.930. The van der Waals surface area contributed by atoms with E-state index in [1.54, 1.807) is 24.3 Å². The molecule has 1 aromatic carbocycles. The van der Waals surface area contributed by atoms with Gasteiger partial charge in [0.25, 0.3) is 5.91 Å². The van der Waals surface area contributed by atoms with E-state index in [4.69, 9.17) is 0 Å².